The number of aromatic nitrogens is 3. The number of nitrogen functional groups attached to an aromatic ring is 2. The molecule has 1 aromatic heterocycles. The van der Waals surface area contributed by atoms with Gasteiger partial charge in [0.1, 0.15) is 16.7 Å². The summed E-state index contributed by atoms with van der Waals surface area (Å²) in [6.07, 6.45) is 0. The molecule has 0 aliphatic heterocycles. The van der Waals surface area contributed by atoms with Gasteiger partial charge in [0.15, 0.2) is 5.75 Å². The lowest BCUT2D eigenvalue weighted by molar-refractivity contribution is 0.470. The van der Waals surface area contributed by atoms with Crippen molar-refractivity contribution >= 4 is 22.4 Å². The van der Waals surface area contributed by atoms with Gasteiger partial charge in [0.25, 0.3) is 0 Å². The van der Waals surface area contributed by atoms with Crippen LogP contribution in [0.25, 0.3) is 16.7 Å². The summed E-state index contributed by atoms with van der Waals surface area (Å²) in [6, 6.07) is 10.5. The van der Waals surface area contributed by atoms with E-state index in [2.05, 4.69) is 10.2 Å². The molecule has 0 bridgehead atoms. The predicted octanol–water partition coefficient (Wildman–Crippen LogP) is 1.29. The second-order valence-electron chi connectivity index (χ2n) is 3.96. The minimum absolute atomic E-state index is 0.0792. The summed E-state index contributed by atoms with van der Waals surface area (Å²) in [6.45, 7) is 0. The number of anilines is 2. The summed E-state index contributed by atoms with van der Waals surface area (Å²) in [7, 11) is 0. The zero-order chi connectivity index (χ0) is 12.7. The zero-order valence-corrected chi connectivity index (χ0v) is 9.41. The molecular formula is C12H11N5O. The molecule has 6 heteroatoms. The van der Waals surface area contributed by atoms with Gasteiger partial charge < -0.3 is 16.6 Å². The fourth-order valence-corrected chi connectivity index (χ4v) is 1.78. The Kier molecular flexibility index (Phi) is 2.09. The molecular weight excluding hydrogens is 230 g/mol. The van der Waals surface area contributed by atoms with Crippen LogP contribution in [0.5, 0.6) is 5.75 Å². The van der Waals surface area contributed by atoms with Crippen molar-refractivity contribution in [2.45, 2.75) is 0 Å². The van der Waals surface area contributed by atoms with Gasteiger partial charge in [-0.3, -0.25) is 0 Å². The van der Waals surface area contributed by atoms with Gasteiger partial charge in [0.2, 0.25) is 0 Å². The lowest BCUT2D eigenvalue weighted by Gasteiger charge is -2.06. The number of hydrogen-bond acceptors (Lipinski definition) is 5. The smallest absolute Gasteiger partial charge is 0.166 e. The van der Waals surface area contributed by atoms with E-state index in [1.165, 1.54) is 10.9 Å². The van der Waals surface area contributed by atoms with Crippen LogP contribution >= 0.6 is 0 Å². The van der Waals surface area contributed by atoms with E-state index >= 15 is 0 Å². The first-order chi connectivity index (χ1) is 8.65. The van der Waals surface area contributed by atoms with Gasteiger partial charge in [-0.1, -0.05) is 12.1 Å². The van der Waals surface area contributed by atoms with Crippen molar-refractivity contribution in [2.75, 3.05) is 11.5 Å². The quantitative estimate of drug-likeness (QED) is 0.338. The fraction of sp³-hybridized carbons (Fsp3) is 0. The molecule has 90 valence electrons. The Balaban J connectivity index is 2.26. The molecule has 5 N–H and O–H groups in total. The lowest BCUT2D eigenvalue weighted by Crippen LogP contribution is -2.02. The molecule has 2 aromatic carbocycles. The summed E-state index contributed by atoms with van der Waals surface area (Å²) >= 11 is 0. The van der Waals surface area contributed by atoms with Crippen LogP contribution in [0.3, 0.4) is 0 Å². The molecule has 0 aliphatic rings. The molecule has 3 aromatic rings. The minimum Gasteiger partial charge on any atom is -0.504 e. The van der Waals surface area contributed by atoms with E-state index in [-0.39, 0.29) is 11.4 Å². The molecule has 0 saturated carbocycles. The van der Waals surface area contributed by atoms with Crippen molar-refractivity contribution in [3.8, 4) is 11.4 Å². The van der Waals surface area contributed by atoms with Crippen molar-refractivity contribution < 1.29 is 5.11 Å². The number of phenolic OH excluding ortho intramolecular Hbond substituents is 1. The average molecular weight is 241 g/mol. The van der Waals surface area contributed by atoms with Gasteiger partial charge in [0, 0.05) is 5.69 Å². The summed E-state index contributed by atoms with van der Waals surface area (Å²) in [5, 5.41) is 18.4. The third-order valence-corrected chi connectivity index (χ3v) is 2.64. The molecule has 0 spiro atoms. The Labute approximate surface area is 102 Å². The molecule has 0 radical (unpaired) electrons. The zero-order valence-electron chi connectivity index (χ0n) is 9.41. The van der Waals surface area contributed by atoms with Gasteiger partial charge in [-0.25, -0.2) is 0 Å². The molecule has 0 saturated heterocycles. The van der Waals surface area contributed by atoms with Crippen molar-refractivity contribution in [3.63, 3.8) is 0 Å². The van der Waals surface area contributed by atoms with Crippen LogP contribution in [-0.4, -0.2) is 20.1 Å². The molecule has 3 rings (SSSR count). The largest absolute Gasteiger partial charge is 0.504 e. The highest BCUT2D eigenvalue weighted by atomic mass is 16.3. The van der Waals surface area contributed by atoms with E-state index in [1.807, 2.05) is 24.3 Å². The highest BCUT2D eigenvalue weighted by Gasteiger charge is 2.11. The van der Waals surface area contributed by atoms with Crippen LogP contribution in [0, 0.1) is 0 Å². The molecule has 0 unspecified atom stereocenters. The highest BCUT2D eigenvalue weighted by molar-refractivity contribution is 5.75. The van der Waals surface area contributed by atoms with Crippen LogP contribution in [0.2, 0.25) is 0 Å². The maximum absolute atomic E-state index is 9.92. The maximum atomic E-state index is 9.92. The van der Waals surface area contributed by atoms with Gasteiger partial charge in [-0.15, -0.1) is 15.0 Å². The van der Waals surface area contributed by atoms with E-state index in [9.17, 15) is 5.11 Å². The van der Waals surface area contributed by atoms with Crippen LogP contribution < -0.4 is 11.5 Å². The second kappa shape index (κ2) is 3.63. The van der Waals surface area contributed by atoms with Gasteiger partial charge >= 0.3 is 0 Å². The Morgan fingerprint density at radius 1 is 1.00 bits per heavy atom. The number of nitrogens with two attached hydrogens (primary N) is 2. The number of aromatic hydroxyl groups is 1. The highest BCUT2D eigenvalue weighted by Crippen LogP contribution is 2.30. The number of rotatable bonds is 1. The average Bonchev–Trinajstić information content (AvgIpc) is 2.77. The second-order valence-corrected chi connectivity index (χ2v) is 3.96. The van der Waals surface area contributed by atoms with Crippen molar-refractivity contribution in [2.24, 2.45) is 0 Å². The monoisotopic (exact) mass is 241 g/mol. The van der Waals surface area contributed by atoms with Gasteiger partial charge in [0.05, 0.1) is 5.69 Å². The first kappa shape index (κ1) is 10.4. The van der Waals surface area contributed by atoms with Crippen LogP contribution in [0.15, 0.2) is 36.4 Å². The predicted molar refractivity (Wildman–Crippen MR) is 69.4 cm³/mol. The molecule has 18 heavy (non-hydrogen) atoms. The van der Waals surface area contributed by atoms with E-state index < -0.39 is 0 Å². The Morgan fingerprint density at radius 3 is 2.22 bits per heavy atom. The normalized spacial score (nSPS) is 10.9. The van der Waals surface area contributed by atoms with Crippen LogP contribution in [0.4, 0.5) is 11.4 Å². The topological polar surface area (TPSA) is 103 Å². The maximum Gasteiger partial charge on any atom is 0.166 e. The Morgan fingerprint density at radius 2 is 1.61 bits per heavy atom. The third kappa shape index (κ3) is 1.51. The van der Waals surface area contributed by atoms with Gasteiger partial charge in [-0.05, 0) is 24.3 Å². The number of phenols is 1. The van der Waals surface area contributed by atoms with Crippen molar-refractivity contribution in [1.82, 2.24) is 15.0 Å². The van der Waals surface area contributed by atoms with E-state index in [0.717, 1.165) is 11.0 Å². The Bertz CT molecular complexity index is 701. The van der Waals surface area contributed by atoms with E-state index in [1.54, 1.807) is 6.07 Å². The van der Waals surface area contributed by atoms with Crippen molar-refractivity contribution in [1.29, 1.82) is 0 Å². The summed E-state index contributed by atoms with van der Waals surface area (Å²) in [5.41, 5.74) is 13.8. The molecule has 6 nitrogen and oxygen atoms in total. The first-order valence-corrected chi connectivity index (χ1v) is 5.35. The minimum atomic E-state index is -0.0792. The molecule has 0 atom stereocenters. The Hall–Kier alpha value is -2.76. The first-order valence-electron chi connectivity index (χ1n) is 5.35. The van der Waals surface area contributed by atoms with E-state index in [4.69, 9.17) is 11.5 Å². The SMILES string of the molecule is Nc1cc(N)c(O)c(-n2nc3ccccc3n2)c1. The van der Waals surface area contributed by atoms with E-state index in [0.29, 0.717) is 11.4 Å². The van der Waals surface area contributed by atoms with Crippen LogP contribution in [-0.2, 0) is 0 Å². The fourth-order valence-electron chi connectivity index (χ4n) is 1.78. The molecule has 1 heterocycles. The van der Waals surface area contributed by atoms with Gasteiger partial charge in [-0.2, -0.15) is 0 Å². The molecule has 0 aliphatic carbocycles. The number of hydrogen-bond donors (Lipinski definition) is 3. The summed E-state index contributed by atoms with van der Waals surface area (Å²) in [4.78, 5) is 1.33. The molecule has 0 fully saturated rings. The lowest BCUT2D eigenvalue weighted by atomic mass is 10.2. The third-order valence-electron chi connectivity index (χ3n) is 2.64. The number of benzene rings is 2. The van der Waals surface area contributed by atoms with Crippen molar-refractivity contribution in [3.05, 3.63) is 36.4 Å². The number of fused-ring (bicyclic) bond motifs is 1. The summed E-state index contributed by atoms with van der Waals surface area (Å²) < 4.78 is 0. The standard InChI is InChI=1S/C12H11N5O/c13-7-5-8(14)12(18)11(6-7)17-15-9-3-1-2-4-10(9)16-17/h1-6,18H,13-14H2. The number of nitrogens with zero attached hydrogens (tertiary/aromatic N) is 3. The molecule has 0 amide bonds. The summed E-state index contributed by atoms with van der Waals surface area (Å²) in [5.74, 6) is -0.0792. The van der Waals surface area contributed by atoms with Crippen LogP contribution in [0.1, 0.15) is 0 Å².